The van der Waals surface area contributed by atoms with Crippen LogP contribution in [0.2, 0.25) is 0 Å². The summed E-state index contributed by atoms with van der Waals surface area (Å²) in [5, 5.41) is 20.0. The number of hydrogen-bond acceptors (Lipinski definition) is 8. The molecular weight excluding hydrogens is 442 g/mol. The minimum absolute atomic E-state index is 0.341. The Bertz CT molecular complexity index is 1030. The van der Waals surface area contributed by atoms with Crippen LogP contribution in [0.25, 0.3) is 0 Å². The van der Waals surface area contributed by atoms with Gasteiger partial charge in [0.1, 0.15) is 27.4 Å². The molecule has 7 nitrogen and oxygen atoms in total. The molecule has 1 unspecified atom stereocenters. The summed E-state index contributed by atoms with van der Waals surface area (Å²) in [6, 6.07) is 13.7. The molecule has 1 aliphatic heterocycles. The van der Waals surface area contributed by atoms with E-state index in [9.17, 15) is 15.3 Å². The van der Waals surface area contributed by atoms with Crippen molar-refractivity contribution in [2.24, 2.45) is 5.73 Å². The number of benzene rings is 1. The topological polar surface area (TPSA) is 116 Å². The smallest absolute Gasteiger partial charge is 0.235 e. The van der Waals surface area contributed by atoms with Crippen LogP contribution in [0, 0.1) is 22.7 Å². The van der Waals surface area contributed by atoms with Gasteiger partial charge in [0.25, 0.3) is 0 Å². The fraction of sp³-hybridized carbons (Fsp3) is 0.391. The van der Waals surface area contributed by atoms with Gasteiger partial charge in [-0.1, -0.05) is 49.0 Å². The number of amides is 1. The number of nitrogens with zero attached hydrogens (tertiary/aromatic N) is 4. The second-order valence-corrected chi connectivity index (χ2v) is 9.32. The lowest BCUT2D eigenvalue weighted by Gasteiger charge is -2.26. The van der Waals surface area contributed by atoms with Crippen LogP contribution in [-0.2, 0) is 16.0 Å². The minimum atomic E-state index is -0.681. The van der Waals surface area contributed by atoms with E-state index >= 15 is 0 Å². The van der Waals surface area contributed by atoms with Crippen molar-refractivity contribution in [1.29, 1.82) is 10.5 Å². The quantitative estimate of drug-likeness (QED) is 0.559. The maximum absolute atomic E-state index is 12.2. The number of morpholine rings is 1. The number of nitriles is 2. The molecule has 0 aliphatic carbocycles. The predicted molar refractivity (Wildman–Crippen MR) is 125 cm³/mol. The van der Waals surface area contributed by atoms with Crippen molar-refractivity contribution < 1.29 is 9.53 Å². The van der Waals surface area contributed by atoms with Crippen LogP contribution in [0.5, 0.6) is 0 Å². The van der Waals surface area contributed by atoms with Gasteiger partial charge in [0, 0.05) is 25.4 Å². The van der Waals surface area contributed by atoms with Gasteiger partial charge in [0.15, 0.2) is 0 Å². The Morgan fingerprint density at radius 1 is 1.19 bits per heavy atom. The molecule has 0 bridgehead atoms. The summed E-state index contributed by atoms with van der Waals surface area (Å²) in [6.45, 7) is 6.03. The van der Waals surface area contributed by atoms with Crippen LogP contribution >= 0.6 is 23.5 Å². The largest absolute Gasteiger partial charge is 0.379 e. The van der Waals surface area contributed by atoms with Crippen LogP contribution in [0.3, 0.4) is 0 Å². The van der Waals surface area contributed by atoms with E-state index in [0.29, 0.717) is 33.2 Å². The standard InChI is InChI=1S/C23H25N5O2S2/c1-2-17-18(14-24)22(31-13-10-28-8-11-30-12-9-28)27-23(19(17)15-25)32-20(21(26)29)16-6-4-3-5-7-16/h3-7,20H,2,8-13H2,1H3,(H2,26,29). The highest BCUT2D eigenvalue weighted by molar-refractivity contribution is 8.00. The van der Waals surface area contributed by atoms with Crippen molar-refractivity contribution in [3.05, 3.63) is 52.6 Å². The highest BCUT2D eigenvalue weighted by Gasteiger charge is 2.26. The number of thioether (sulfide) groups is 2. The Kier molecular flexibility index (Phi) is 8.95. The third-order valence-corrected chi connectivity index (χ3v) is 7.37. The molecule has 2 heterocycles. The highest BCUT2D eigenvalue weighted by atomic mass is 32.2. The zero-order valence-electron chi connectivity index (χ0n) is 17.9. The van der Waals surface area contributed by atoms with E-state index in [4.69, 9.17) is 10.5 Å². The number of nitrogens with two attached hydrogens (primary N) is 1. The van der Waals surface area contributed by atoms with Crippen molar-refractivity contribution in [1.82, 2.24) is 9.88 Å². The van der Waals surface area contributed by atoms with Crippen LogP contribution in [0.4, 0.5) is 0 Å². The molecule has 0 spiro atoms. The number of aromatic nitrogens is 1. The zero-order chi connectivity index (χ0) is 22.9. The third kappa shape index (κ3) is 5.81. The molecule has 2 aromatic rings. The summed E-state index contributed by atoms with van der Waals surface area (Å²) in [6.07, 6.45) is 0.519. The van der Waals surface area contributed by atoms with E-state index in [1.165, 1.54) is 23.5 Å². The van der Waals surface area contributed by atoms with E-state index in [1.807, 2.05) is 37.3 Å². The fourth-order valence-electron chi connectivity index (χ4n) is 3.49. The van der Waals surface area contributed by atoms with Gasteiger partial charge >= 0.3 is 0 Å². The monoisotopic (exact) mass is 467 g/mol. The molecule has 1 amide bonds. The first-order valence-corrected chi connectivity index (χ1v) is 12.3. The molecule has 3 rings (SSSR count). The number of carbonyl (C=O) groups is 1. The molecule has 1 saturated heterocycles. The molecule has 1 atom stereocenters. The van der Waals surface area contributed by atoms with Gasteiger partial charge in [-0.15, -0.1) is 11.8 Å². The lowest BCUT2D eigenvalue weighted by atomic mass is 10.0. The molecule has 166 valence electrons. The first-order valence-electron chi connectivity index (χ1n) is 10.4. The lowest BCUT2D eigenvalue weighted by molar-refractivity contribution is -0.117. The van der Waals surface area contributed by atoms with E-state index in [1.54, 1.807) is 0 Å². The Balaban J connectivity index is 1.92. The number of ether oxygens (including phenoxy) is 1. The molecule has 1 aliphatic rings. The maximum atomic E-state index is 12.2. The first kappa shape index (κ1) is 24.1. The molecule has 9 heteroatoms. The second kappa shape index (κ2) is 11.9. The average molecular weight is 468 g/mol. The Morgan fingerprint density at radius 3 is 2.44 bits per heavy atom. The number of hydrogen-bond donors (Lipinski definition) is 1. The summed E-state index contributed by atoms with van der Waals surface area (Å²) in [4.78, 5) is 19.2. The number of primary amides is 1. The van der Waals surface area contributed by atoms with E-state index in [2.05, 4.69) is 22.0 Å². The van der Waals surface area contributed by atoms with Gasteiger partial charge < -0.3 is 10.5 Å². The van der Waals surface area contributed by atoms with Crippen molar-refractivity contribution >= 4 is 29.4 Å². The van der Waals surface area contributed by atoms with Gasteiger partial charge in [-0.25, -0.2) is 4.98 Å². The van der Waals surface area contributed by atoms with Gasteiger partial charge in [-0.3, -0.25) is 9.69 Å². The average Bonchev–Trinajstić information content (AvgIpc) is 2.82. The second-order valence-electron chi connectivity index (χ2n) is 7.14. The molecule has 1 aromatic carbocycles. The normalized spacial score (nSPS) is 15.0. The van der Waals surface area contributed by atoms with Crippen LogP contribution in [0.1, 0.15) is 34.4 Å². The fourth-order valence-corrected chi connectivity index (χ4v) is 5.62. The van der Waals surface area contributed by atoms with Crippen molar-refractivity contribution in [3.8, 4) is 12.1 Å². The molecule has 0 radical (unpaired) electrons. The van der Waals surface area contributed by atoms with Crippen molar-refractivity contribution in [2.45, 2.75) is 28.6 Å². The van der Waals surface area contributed by atoms with Gasteiger partial charge in [-0.2, -0.15) is 10.5 Å². The van der Waals surface area contributed by atoms with Crippen LogP contribution in [-0.4, -0.2) is 54.4 Å². The molecule has 1 fully saturated rings. The summed E-state index contributed by atoms with van der Waals surface area (Å²) < 4.78 is 5.39. The van der Waals surface area contributed by atoms with Gasteiger partial charge in [0.05, 0.1) is 24.3 Å². The minimum Gasteiger partial charge on any atom is -0.379 e. The van der Waals surface area contributed by atoms with E-state index in [-0.39, 0.29) is 0 Å². The van der Waals surface area contributed by atoms with E-state index in [0.717, 1.165) is 44.2 Å². The molecule has 2 N–H and O–H groups in total. The molecule has 1 aromatic heterocycles. The molecule has 32 heavy (non-hydrogen) atoms. The summed E-state index contributed by atoms with van der Waals surface area (Å²) in [5.41, 5.74) is 7.89. The molecular formula is C23H25N5O2S2. The number of rotatable bonds is 9. The summed E-state index contributed by atoms with van der Waals surface area (Å²) in [7, 11) is 0. The van der Waals surface area contributed by atoms with Crippen molar-refractivity contribution in [2.75, 3.05) is 38.6 Å². The molecule has 0 saturated carbocycles. The summed E-state index contributed by atoms with van der Waals surface area (Å²) >= 11 is 2.67. The first-order chi connectivity index (χ1) is 15.6. The zero-order valence-corrected chi connectivity index (χ0v) is 19.5. The summed E-state index contributed by atoms with van der Waals surface area (Å²) in [5.74, 6) is 0.259. The van der Waals surface area contributed by atoms with Gasteiger partial charge in [0.2, 0.25) is 5.91 Å². The Hall–Kier alpha value is -2.56. The lowest BCUT2D eigenvalue weighted by Crippen LogP contribution is -2.37. The van der Waals surface area contributed by atoms with E-state index < -0.39 is 11.2 Å². The Labute approximate surface area is 196 Å². The number of carbonyl (C=O) groups excluding carboxylic acids is 1. The third-order valence-electron chi connectivity index (χ3n) is 5.15. The highest BCUT2D eigenvalue weighted by Crippen LogP contribution is 2.39. The van der Waals surface area contributed by atoms with Gasteiger partial charge in [-0.05, 0) is 17.5 Å². The number of pyridine rings is 1. The van der Waals surface area contributed by atoms with Crippen molar-refractivity contribution in [3.63, 3.8) is 0 Å². The maximum Gasteiger partial charge on any atom is 0.235 e. The predicted octanol–water partition coefficient (Wildman–Crippen LogP) is 3.13. The Morgan fingerprint density at radius 2 is 1.84 bits per heavy atom. The van der Waals surface area contributed by atoms with Crippen LogP contribution < -0.4 is 5.73 Å². The van der Waals surface area contributed by atoms with Crippen LogP contribution in [0.15, 0.2) is 40.4 Å². The SMILES string of the molecule is CCc1c(C#N)c(SCCN2CCOCC2)nc(SC(C(N)=O)c2ccccc2)c1C#N.